The van der Waals surface area contributed by atoms with Crippen molar-refractivity contribution in [1.29, 1.82) is 0 Å². The average molecular weight is 349 g/mol. The van der Waals surface area contributed by atoms with Gasteiger partial charge in [0.1, 0.15) is 4.88 Å². The second kappa shape index (κ2) is 6.80. The van der Waals surface area contributed by atoms with Gasteiger partial charge in [-0.15, -0.1) is 0 Å². The molecule has 0 aromatic carbocycles. The smallest absolute Gasteiger partial charge is 0.320 e. The molecule has 0 unspecified atom stereocenters. The lowest BCUT2D eigenvalue weighted by Gasteiger charge is -2.37. The second-order valence-electron chi connectivity index (χ2n) is 5.83. The highest BCUT2D eigenvalue weighted by atomic mass is 32.1. The van der Waals surface area contributed by atoms with Crippen LogP contribution in [0, 0.1) is 6.92 Å². The highest BCUT2D eigenvalue weighted by Gasteiger charge is 2.28. The Morgan fingerprint density at radius 3 is 2.38 bits per heavy atom. The van der Waals surface area contributed by atoms with Crippen molar-refractivity contribution in [2.24, 2.45) is 0 Å². The van der Waals surface area contributed by atoms with Crippen LogP contribution in [0.15, 0.2) is 12.4 Å². The van der Waals surface area contributed by atoms with E-state index in [1.54, 1.807) is 6.20 Å². The molecule has 0 saturated carbocycles. The number of hydrogen-bond acceptors (Lipinski definition) is 4. The van der Waals surface area contributed by atoms with Gasteiger partial charge in [0.25, 0.3) is 5.91 Å². The largest absolute Gasteiger partial charge is 0.334 e. The van der Waals surface area contributed by atoms with E-state index in [1.165, 1.54) is 11.3 Å². The molecule has 24 heavy (non-hydrogen) atoms. The molecule has 0 spiro atoms. The van der Waals surface area contributed by atoms with Crippen LogP contribution in [0.1, 0.15) is 29.2 Å². The van der Waals surface area contributed by atoms with Crippen LogP contribution in [0.2, 0.25) is 0 Å². The summed E-state index contributed by atoms with van der Waals surface area (Å²) in [4.78, 5) is 36.5. The summed E-state index contributed by atoms with van der Waals surface area (Å²) in [7, 11) is 0. The van der Waals surface area contributed by atoms with Crippen molar-refractivity contribution in [1.82, 2.24) is 24.1 Å². The third-order valence-corrected chi connectivity index (χ3v) is 5.71. The number of nitrogens with zero attached hydrogens (tertiary/aromatic N) is 5. The maximum Gasteiger partial charge on any atom is 0.320 e. The first-order valence-electron chi connectivity index (χ1n) is 8.32. The monoisotopic (exact) mass is 349 g/mol. The summed E-state index contributed by atoms with van der Waals surface area (Å²) >= 11 is 1.42. The van der Waals surface area contributed by atoms with Crippen molar-refractivity contribution in [3.63, 3.8) is 0 Å². The van der Waals surface area contributed by atoms with Crippen LogP contribution >= 0.6 is 11.3 Å². The number of amides is 3. The highest BCUT2D eigenvalue weighted by molar-refractivity contribution is 7.19. The summed E-state index contributed by atoms with van der Waals surface area (Å²) in [5, 5.41) is 0. The van der Waals surface area contributed by atoms with E-state index >= 15 is 0 Å². The Labute approximate surface area is 145 Å². The Balaban J connectivity index is 1.66. The maximum absolute atomic E-state index is 12.8. The van der Waals surface area contributed by atoms with Crippen molar-refractivity contribution in [2.75, 3.05) is 39.3 Å². The number of thiazole rings is 1. The highest BCUT2D eigenvalue weighted by Crippen LogP contribution is 2.23. The summed E-state index contributed by atoms with van der Waals surface area (Å²) in [6, 6.07) is 0.0675. The van der Waals surface area contributed by atoms with Crippen molar-refractivity contribution in [2.45, 2.75) is 20.8 Å². The molecular weight excluding hydrogens is 326 g/mol. The number of imidazole rings is 1. The van der Waals surface area contributed by atoms with Gasteiger partial charge in [-0.2, -0.15) is 0 Å². The number of hydrogen-bond donors (Lipinski definition) is 0. The van der Waals surface area contributed by atoms with Gasteiger partial charge in [0.15, 0.2) is 4.96 Å². The van der Waals surface area contributed by atoms with E-state index in [0.29, 0.717) is 39.3 Å². The van der Waals surface area contributed by atoms with Gasteiger partial charge in [0.05, 0.1) is 0 Å². The van der Waals surface area contributed by atoms with Crippen molar-refractivity contribution < 1.29 is 9.59 Å². The van der Waals surface area contributed by atoms with Crippen molar-refractivity contribution in [3.05, 3.63) is 23.0 Å². The fraction of sp³-hybridized carbons (Fsp3) is 0.562. The molecule has 0 bridgehead atoms. The quantitative estimate of drug-likeness (QED) is 0.851. The topological polar surface area (TPSA) is 61.2 Å². The number of piperazine rings is 1. The number of aromatic nitrogens is 2. The lowest BCUT2D eigenvalue weighted by atomic mass is 10.2. The van der Waals surface area contributed by atoms with Crippen LogP contribution in [-0.4, -0.2) is 75.3 Å². The number of rotatable bonds is 3. The Hall–Kier alpha value is -2.09. The molecule has 2 aromatic rings. The molecule has 1 fully saturated rings. The van der Waals surface area contributed by atoms with Gasteiger partial charge >= 0.3 is 6.03 Å². The third kappa shape index (κ3) is 2.86. The van der Waals surface area contributed by atoms with Gasteiger partial charge in [-0.1, -0.05) is 11.3 Å². The molecule has 1 aliphatic heterocycles. The van der Waals surface area contributed by atoms with Gasteiger partial charge in [-0.25, -0.2) is 9.78 Å². The summed E-state index contributed by atoms with van der Waals surface area (Å²) in [6.45, 7) is 9.65. The second-order valence-corrected chi connectivity index (χ2v) is 6.81. The minimum atomic E-state index is 0.0398. The van der Waals surface area contributed by atoms with E-state index in [-0.39, 0.29) is 11.9 Å². The summed E-state index contributed by atoms with van der Waals surface area (Å²) in [5.41, 5.74) is 0.930. The zero-order chi connectivity index (χ0) is 17.3. The zero-order valence-corrected chi connectivity index (χ0v) is 15.2. The lowest BCUT2D eigenvalue weighted by molar-refractivity contribution is 0.0645. The first-order valence-corrected chi connectivity index (χ1v) is 9.14. The Kier molecular flexibility index (Phi) is 4.75. The zero-order valence-electron chi connectivity index (χ0n) is 14.4. The van der Waals surface area contributed by atoms with E-state index < -0.39 is 0 Å². The molecule has 0 aliphatic carbocycles. The Morgan fingerprint density at radius 2 is 1.79 bits per heavy atom. The first kappa shape index (κ1) is 16.8. The standard InChI is InChI=1S/C16H23N5O2S/c1-4-18(5-2)16(23)20-10-8-19(9-11-20)14(22)13-12(3)21-7-6-17-15(21)24-13/h6-7H,4-5,8-11H2,1-3H3. The Morgan fingerprint density at radius 1 is 1.17 bits per heavy atom. The van der Waals surface area contributed by atoms with Gasteiger partial charge in [-0.3, -0.25) is 9.20 Å². The fourth-order valence-electron chi connectivity index (χ4n) is 3.03. The van der Waals surface area contributed by atoms with E-state index in [9.17, 15) is 9.59 Å². The molecule has 130 valence electrons. The summed E-state index contributed by atoms with van der Waals surface area (Å²) in [6.07, 6.45) is 3.61. The summed E-state index contributed by atoms with van der Waals surface area (Å²) in [5.74, 6) is 0.0398. The van der Waals surface area contributed by atoms with Crippen LogP contribution in [-0.2, 0) is 0 Å². The summed E-state index contributed by atoms with van der Waals surface area (Å²) < 4.78 is 1.94. The van der Waals surface area contributed by atoms with E-state index in [1.807, 2.05) is 46.1 Å². The van der Waals surface area contributed by atoms with Crippen LogP contribution < -0.4 is 0 Å². The van der Waals surface area contributed by atoms with E-state index in [4.69, 9.17) is 0 Å². The van der Waals surface area contributed by atoms with E-state index in [0.717, 1.165) is 15.5 Å². The van der Waals surface area contributed by atoms with Crippen molar-refractivity contribution >= 4 is 28.2 Å². The number of fused-ring (bicyclic) bond motifs is 1. The number of carbonyl (C=O) groups excluding carboxylic acids is 2. The molecule has 0 radical (unpaired) electrons. The molecule has 3 rings (SSSR count). The predicted octanol–water partition coefficient (Wildman–Crippen LogP) is 1.92. The van der Waals surface area contributed by atoms with Crippen LogP contribution in [0.3, 0.4) is 0 Å². The fourth-order valence-corrected chi connectivity index (χ4v) is 4.09. The molecule has 1 saturated heterocycles. The lowest BCUT2D eigenvalue weighted by Crippen LogP contribution is -2.54. The first-order chi connectivity index (χ1) is 11.6. The SMILES string of the molecule is CCN(CC)C(=O)N1CCN(C(=O)c2sc3nccn3c2C)CC1. The molecule has 0 N–H and O–H groups in total. The normalized spacial score (nSPS) is 15.1. The van der Waals surface area contributed by atoms with E-state index in [2.05, 4.69) is 4.98 Å². The predicted molar refractivity (Wildman–Crippen MR) is 93.6 cm³/mol. The molecule has 3 amide bonds. The number of urea groups is 1. The average Bonchev–Trinajstić information content (AvgIpc) is 3.18. The molecule has 1 aliphatic rings. The number of carbonyl (C=O) groups is 2. The Bertz CT molecular complexity index is 741. The molecular formula is C16H23N5O2S. The third-order valence-electron chi connectivity index (χ3n) is 4.56. The van der Waals surface area contributed by atoms with Crippen LogP contribution in [0.4, 0.5) is 4.79 Å². The number of aryl methyl sites for hydroxylation is 1. The molecule has 2 aromatic heterocycles. The minimum Gasteiger partial charge on any atom is -0.334 e. The molecule has 3 heterocycles. The van der Waals surface area contributed by atoms with Crippen molar-refractivity contribution in [3.8, 4) is 0 Å². The molecule has 0 atom stereocenters. The molecule has 7 nitrogen and oxygen atoms in total. The van der Waals surface area contributed by atoms with Gasteiger partial charge in [-0.05, 0) is 20.8 Å². The van der Waals surface area contributed by atoms with Crippen LogP contribution in [0.5, 0.6) is 0 Å². The van der Waals surface area contributed by atoms with Gasteiger partial charge < -0.3 is 14.7 Å². The maximum atomic E-state index is 12.8. The molecule has 8 heteroatoms. The van der Waals surface area contributed by atoms with Crippen LogP contribution in [0.25, 0.3) is 4.96 Å². The van der Waals surface area contributed by atoms with Gasteiger partial charge in [0, 0.05) is 57.4 Å². The van der Waals surface area contributed by atoms with Gasteiger partial charge in [0.2, 0.25) is 0 Å². The minimum absolute atomic E-state index is 0.0398.